The SMILES string of the molecule is Cc1ccc(CC(C)NC(C)c2ccc(F)c(Br)c2)s1. The standard InChI is InChI=1S/C16H19BrFNS/c1-10(8-14-6-4-11(2)20-14)19-12(3)13-5-7-16(18)15(17)9-13/h4-7,9-10,12,19H,8H2,1-3H3. The van der Waals surface area contributed by atoms with Gasteiger partial charge >= 0.3 is 0 Å². The summed E-state index contributed by atoms with van der Waals surface area (Å²) in [6.07, 6.45) is 1.02. The van der Waals surface area contributed by atoms with E-state index in [9.17, 15) is 4.39 Å². The number of halogens is 2. The summed E-state index contributed by atoms with van der Waals surface area (Å²) >= 11 is 5.08. The van der Waals surface area contributed by atoms with Gasteiger partial charge in [0.2, 0.25) is 0 Å². The van der Waals surface area contributed by atoms with Gasteiger partial charge < -0.3 is 5.32 Å². The highest BCUT2D eigenvalue weighted by Crippen LogP contribution is 2.22. The van der Waals surface area contributed by atoms with Crippen LogP contribution in [0.3, 0.4) is 0 Å². The lowest BCUT2D eigenvalue weighted by Crippen LogP contribution is -2.30. The van der Waals surface area contributed by atoms with Crippen LogP contribution in [0.4, 0.5) is 4.39 Å². The molecule has 0 fully saturated rings. The molecule has 2 aromatic rings. The van der Waals surface area contributed by atoms with E-state index in [0.29, 0.717) is 10.5 Å². The van der Waals surface area contributed by atoms with Crippen LogP contribution in [0.1, 0.15) is 35.2 Å². The summed E-state index contributed by atoms with van der Waals surface area (Å²) in [5.41, 5.74) is 1.09. The molecule has 1 aromatic carbocycles. The quantitative estimate of drug-likeness (QED) is 0.773. The fraction of sp³-hybridized carbons (Fsp3) is 0.375. The van der Waals surface area contributed by atoms with Crippen LogP contribution in [-0.2, 0) is 6.42 Å². The molecule has 108 valence electrons. The highest BCUT2D eigenvalue weighted by molar-refractivity contribution is 9.10. The van der Waals surface area contributed by atoms with Gasteiger partial charge in [-0.2, -0.15) is 0 Å². The molecule has 1 heterocycles. The molecule has 4 heteroatoms. The minimum atomic E-state index is -0.219. The lowest BCUT2D eigenvalue weighted by atomic mass is 10.1. The predicted molar refractivity (Wildman–Crippen MR) is 87.9 cm³/mol. The topological polar surface area (TPSA) is 12.0 Å². The molecule has 0 radical (unpaired) electrons. The summed E-state index contributed by atoms with van der Waals surface area (Å²) in [6, 6.07) is 10.1. The Morgan fingerprint density at radius 1 is 1.25 bits per heavy atom. The molecule has 0 saturated heterocycles. The average molecular weight is 356 g/mol. The zero-order valence-corrected chi connectivity index (χ0v) is 14.3. The first-order chi connectivity index (χ1) is 9.45. The van der Waals surface area contributed by atoms with Crippen molar-refractivity contribution in [1.29, 1.82) is 0 Å². The van der Waals surface area contributed by atoms with E-state index in [1.807, 2.05) is 23.5 Å². The van der Waals surface area contributed by atoms with E-state index in [1.54, 1.807) is 0 Å². The fourth-order valence-electron chi connectivity index (χ4n) is 2.26. The van der Waals surface area contributed by atoms with Crippen molar-refractivity contribution in [2.75, 3.05) is 0 Å². The first-order valence-corrected chi connectivity index (χ1v) is 8.33. The predicted octanol–water partition coefficient (Wildman–Crippen LogP) is 5.24. The van der Waals surface area contributed by atoms with Crippen molar-refractivity contribution in [2.24, 2.45) is 0 Å². The van der Waals surface area contributed by atoms with E-state index in [2.05, 4.69) is 54.2 Å². The molecule has 0 spiro atoms. The van der Waals surface area contributed by atoms with Gasteiger partial charge in [-0.3, -0.25) is 0 Å². The second-order valence-corrected chi connectivity index (χ2v) is 7.41. The molecule has 0 aliphatic carbocycles. The van der Waals surface area contributed by atoms with E-state index >= 15 is 0 Å². The Morgan fingerprint density at radius 3 is 2.60 bits per heavy atom. The van der Waals surface area contributed by atoms with Crippen molar-refractivity contribution >= 4 is 27.3 Å². The number of hydrogen-bond donors (Lipinski definition) is 1. The van der Waals surface area contributed by atoms with Crippen LogP contribution in [0, 0.1) is 12.7 Å². The summed E-state index contributed by atoms with van der Waals surface area (Å²) < 4.78 is 13.8. The number of hydrogen-bond acceptors (Lipinski definition) is 2. The number of aryl methyl sites for hydroxylation is 1. The second-order valence-electron chi connectivity index (χ2n) is 5.18. The Kier molecular flexibility index (Phi) is 5.35. The Labute approximate surface area is 132 Å². The number of rotatable bonds is 5. The molecule has 0 amide bonds. The lowest BCUT2D eigenvalue weighted by molar-refractivity contribution is 0.478. The molecule has 0 saturated carbocycles. The Morgan fingerprint density at radius 2 is 2.00 bits per heavy atom. The van der Waals surface area contributed by atoms with Crippen molar-refractivity contribution < 1.29 is 4.39 Å². The molecule has 0 aliphatic heterocycles. The van der Waals surface area contributed by atoms with Crippen LogP contribution in [0.15, 0.2) is 34.8 Å². The van der Waals surface area contributed by atoms with Gasteiger partial charge in [0, 0.05) is 21.8 Å². The van der Waals surface area contributed by atoms with Gasteiger partial charge in [-0.15, -0.1) is 11.3 Å². The van der Waals surface area contributed by atoms with Gasteiger partial charge in [0.1, 0.15) is 5.82 Å². The molecule has 1 N–H and O–H groups in total. The van der Waals surface area contributed by atoms with Gasteiger partial charge in [0.05, 0.1) is 4.47 Å². The molecule has 2 unspecified atom stereocenters. The molecule has 20 heavy (non-hydrogen) atoms. The average Bonchev–Trinajstić information content (AvgIpc) is 2.77. The van der Waals surface area contributed by atoms with Crippen LogP contribution < -0.4 is 5.32 Å². The minimum absolute atomic E-state index is 0.197. The Hall–Kier alpha value is -0.710. The molecular formula is C16H19BrFNS. The zero-order chi connectivity index (χ0) is 14.7. The van der Waals surface area contributed by atoms with Crippen LogP contribution >= 0.6 is 27.3 Å². The maximum absolute atomic E-state index is 13.2. The van der Waals surface area contributed by atoms with Crippen molar-refractivity contribution in [3.05, 3.63) is 55.9 Å². The summed E-state index contributed by atoms with van der Waals surface area (Å²) in [5, 5.41) is 3.56. The van der Waals surface area contributed by atoms with E-state index in [-0.39, 0.29) is 11.9 Å². The normalized spacial score (nSPS) is 14.2. The number of thiophene rings is 1. The first kappa shape index (κ1) is 15.7. The van der Waals surface area contributed by atoms with Gasteiger partial charge in [-0.25, -0.2) is 4.39 Å². The molecule has 0 bridgehead atoms. The first-order valence-electron chi connectivity index (χ1n) is 6.72. The molecule has 2 rings (SSSR count). The van der Waals surface area contributed by atoms with E-state index in [0.717, 1.165) is 12.0 Å². The summed E-state index contributed by atoms with van der Waals surface area (Å²) in [5.74, 6) is -0.219. The maximum Gasteiger partial charge on any atom is 0.137 e. The lowest BCUT2D eigenvalue weighted by Gasteiger charge is -2.20. The molecule has 1 nitrogen and oxygen atoms in total. The van der Waals surface area contributed by atoms with Crippen molar-refractivity contribution in [2.45, 2.75) is 39.3 Å². The van der Waals surface area contributed by atoms with Crippen LogP contribution in [0.5, 0.6) is 0 Å². The third-order valence-corrected chi connectivity index (χ3v) is 4.91. The second kappa shape index (κ2) is 6.83. The third kappa shape index (κ3) is 4.14. The number of benzene rings is 1. The molecular weight excluding hydrogens is 337 g/mol. The van der Waals surface area contributed by atoms with Gasteiger partial charge in [0.25, 0.3) is 0 Å². The third-order valence-electron chi connectivity index (χ3n) is 3.28. The van der Waals surface area contributed by atoms with Crippen molar-refractivity contribution in [3.63, 3.8) is 0 Å². The van der Waals surface area contributed by atoms with Gasteiger partial charge in [0.15, 0.2) is 0 Å². The molecule has 2 atom stereocenters. The largest absolute Gasteiger partial charge is 0.307 e. The monoisotopic (exact) mass is 355 g/mol. The van der Waals surface area contributed by atoms with Crippen molar-refractivity contribution in [1.82, 2.24) is 5.32 Å². The highest BCUT2D eigenvalue weighted by atomic mass is 79.9. The molecule has 1 aromatic heterocycles. The van der Waals surface area contributed by atoms with E-state index < -0.39 is 0 Å². The summed E-state index contributed by atoms with van der Waals surface area (Å²) in [6.45, 7) is 6.42. The molecule has 0 aliphatic rings. The van der Waals surface area contributed by atoms with Crippen LogP contribution in [-0.4, -0.2) is 6.04 Å². The summed E-state index contributed by atoms with van der Waals surface area (Å²) in [4.78, 5) is 2.75. The van der Waals surface area contributed by atoms with E-state index in [4.69, 9.17) is 0 Å². The van der Waals surface area contributed by atoms with Crippen LogP contribution in [0.2, 0.25) is 0 Å². The number of nitrogens with one attached hydrogen (secondary N) is 1. The van der Waals surface area contributed by atoms with Crippen molar-refractivity contribution in [3.8, 4) is 0 Å². The minimum Gasteiger partial charge on any atom is -0.307 e. The smallest absolute Gasteiger partial charge is 0.137 e. The van der Waals surface area contributed by atoms with Crippen LogP contribution in [0.25, 0.3) is 0 Å². The van der Waals surface area contributed by atoms with Gasteiger partial charge in [-0.05, 0) is 73.0 Å². The zero-order valence-electron chi connectivity index (χ0n) is 11.9. The summed E-state index contributed by atoms with van der Waals surface area (Å²) in [7, 11) is 0. The maximum atomic E-state index is 13.2. The fourth-order valence-corrected chi connectivity index (χ4v) is 3.68. The van der Waals surface area contributed by atoms with Gasteiger partial charge in [-0.1, -0.05) is 6.07 Å². The Bertz CT molecular complexity index is 582. The van der Waals surface area contributed by atoms with E-state index in [1.165, 1.54) is 15.8 Å². The Balaban J connectivity index is 1.96. The highest BCUT2D eigenvalue weighted by Gasteiger charge is 2.12.